The van der Waals surface area contributed by atoms with Crippen LogP contribution in [-0.2, 0) is 0 Å². The Hall–Kier alpha value is -2.04. The predicted molar refractivity (Wildman–Crippen MR) is 63.2 cm³/mol. The van der Waals surface area contributed by atoms with E-state index in [1.165, 1.54) is 11.0 Å². The van der Waals surface area contributed by atoms with Crippen LogP contribution < -0.4 is 10.2 Å². The summed E-state index contributed by atoms with van der Waals surface area (Å²) in [6.07, 6.45) is 0.803. The maximum Gasteiger partial charge on any atom is 0.337 e. The third-order valence-electron chi connectivity index (χ3n) is 2.66. The zero-order valence-corrected chi connectivity index (χ0v) is 9.27. The van der Waals surface area contributed by atoms with Crippen LogP contribution in [0.15, 0.2) is 18.2 Å². The SMILES string of the molecule is [CH2]c1ccc(N2CCCNC2=O)c(C(=O)O)c1. The third-order valence-corrected chi connectivity index (χ3v) is 2.66. The van der Waals surface area contributed by atoms with E-state index in [0.29, 0.717) is 24.3 Å². The maximum absolute atomic E-state index is 11.7. The summed E-state index contributed by atoms with van der Waals surface area (Å²) in [6.45, 7) is 4.85. The summed E-state index contributed by atoms with van der Waals surface area (Å²) >= 11 is 0. The number of rotatable bonds is 2. The highest BCUT2D eigenvalue weighted by atomic mass is 16.4. The molecule has 2 amide bonds. The number of nitrogens with zero attached hydrogens (tertiary/aromatic N) is 1. The summed E-state index contributed by atoms with van der Waals surface area (Å²) in [7, 11) is 0. The molecule has 1 fully saturated rings. The van der Waals surface area contributed by atoms with E-state index in [-0.39, 0.29) is 11.6 Å². The van der Waals surface area contributed by atoms with Gasteiger partial charge >= 0.3 is 12.0 Å². The molecule has 1 aromatic carbocycles. The van der Waals surface area contributed by atoms with Crippen molar-refractivity contribution in [2.24, 2.45) is 0 Å². The molecular weight excluding hydrogens is 220 g/mol. The first-order valence-electron chi connectivity index (χ1n) is 5.34. The molecule has 1 aliphatic heterocycles. The van der Waals surface area contributed by atoms with Crippen molar-refractivity contribution in [2.45, 2.75) is 6.42 Å². The average Bonchev–Trinajstić information content (AvgIpc) is 2.30. The molecule has 1 saturated heterocycles. The van der Waals surface area contributed by atoms with Gasteiger partial charge in [0.1, 0.15) is 0 Å². The van der Waals surface area contributed by atoms with E-state index in [1.54, 1.807) is 12.1 Å². The molecule has 0 spiro atoms. The highest BCUT2D eigenvalue weighted by Gasteiger charge is 2.23. The molecule has 0 aromatic heterocycles. The van der Waals surface area contributed by atoms with Gasteiger partial charge in [0.25, 0.3) is 0 Å². The molecule has 5 heteroatoms. The zero-order chi connectivity index (χ0) is 12.4. The van der Waals surface area contributed by atoms with E-state index >= 15 is 0 Å². The molecular formula is C12H13N2O3. The molecule has 89 valence electrons. The van der Waals surface area contributed by atoms with E-state index in [9.17, 15) is 9.59 Å². The monoisotopic (exact) mass is 233 g/mol. The Balaban J connectivity index is 2.43. The van der Waals surface area contributed by atoms with Crippen LogP contribution in [0.25, 0.3) is 0 Å². The molecule has 0 aliphatic carbocycles. The van der Waals surface area contributed by atoms with Crippen molar-refractivity contribution in [3.05, 3.63) is 36.2 Å². The summed E-state index contributed by atoms with van der Waals surface area (Å²) < 4.78 is 0. The van der Waals surface area contributed by atoms with Crippen molar-refractivity contribution >= 4 is 17.7 Å². The Labute approximate surface area is 99.0 Å². The summed E-state index contributed by atoms with van der Waals surface area (Å²) in [5.74, 6) is -1.05. The number of benzene rings is 1. The second kappa shape index (κ2) is 4.45. The van der Waals surface area contributed by atoms with Crippen molar-refractivity contribution in [1.82, 2.24) is 5.32 Å². The van der Waals surface area contributed by atoms with E-state index in [4.69, 9.17) is 5.11 Å². The fourth-order valence-electron chi connectivity index (χ4n) is 1.85. The molecule has 1 aliphatic rings. The minimum Gasteiger partial charge on any atom is -0.478 e. The molecule has 1 radical (unpaired) electrons. The molecule has 2 rings (SSSR count). The van der Waals surface area contributed by atoms with Gasteiger partial charge in [-0.25, -0.2) is 9.59 Å². The van der Waals surface area contributed by atoms with Crippen LogP contribution >= 0.6 is 0 Å². The second-order valence-corrected chi connectivity index (χ2v) is 3.89. The quantitative estimate of drug-likeness (QED) is 0.813. The van der Waals surface area contributed by atoms with Gasteiger partial charge in [-0.1, -0.05) is 6.07 Å². The fraction of sp³-hybridized carbons (Fsp3) is 0.250. The lowest BCUT2D eigenvalue weighted by molar-refractivity contribution is 0.0697. The molecule has 17 heavy (non-hydrogen) atoms. The molecule has 0 saturated carbocycles. The fourth-order valence-corrected chi connectivity index (χ4v) is 1.85. The van der Waals surface area contributed by atoms with E-state index in [1.807, 2.05) is 0 Å². The lowest BCUT2D eigenvalue weighted by Crippen LogP contribution is -2.47. The summed E-state index contributed by atoms with van der Waals surface area (Å²) in [5, 5.41) is 11.8. The van der Waals surface area contributed by atoms with Crippen molar-refractivity contribution in [1.29, 1.82) is 0 Å². The normalized spacial score (nSPS) is 15.6. The number of nitrogens with one attached hydrogen (secondary N) is 1. The summed E-state index contributed by atoms with van der Waals surface area (Å²) in [6, 6.07) is 4.54. The Morgan fingerprint density at radius 2 is 2.24 bits per heavy atom. The van der Waals surface area contributed by atoms with Crippen LogP contribution in [0.5, 0.6) is 0 Å². The molecule has 2 N–H and O–H groups in total. The van der Waals surface area contributed by atoms with Crippen LogP contribution in [0.3, 0.4) is 0 Å². The maximum atomic E-state index is 11.7. The summed E-state index contributed by atoms with van der Waals surface area (Å²) in [5.41, 5.74) is 1.14. The molecule has 1 heterocycles. The number of hydrogen-bond acceptors (Lipinski definition) is 2. The number of carbonyl (C=O) groups excluding carboxylic acids is 1. The second-order valence-electron chi connectivity index (χ2n) is 3.89. The van der Waals surface area contributed by atoms with Gasteiger partial charge in [-0.15, -0.1) is 0 Å². The number of carboxylic acids is 1. The smallest absolute Gasteiger partial charge is 0.337 e. The van der Waals surface area contributed by atoms with Crippen LogP contribution in [0.2, 0.25) is 0 Å². The summed E-state index contributed by atoms with van der Waals surface area (Å²) in [4.78, 5) is 24.2. The van der Waals surface area contributed by atoms with E-state index < -0.39 is 5.97 Å². The van der Waals surface area contributed by atoms with E-state index in [2.05, 4.69) is 12.2 Å². The van der Waals surface area contributed by atoms with Gasteiger partial charge in [0.15, 0.2) is 0 Å². The predicted octanol–water partition coefficient (Wildman–Crippen LogP) is 1.49. The van der Waals surface area contributed by atoms with Gasteiger partial charge in [-0.2, -0.15) is 0 Å². The molecule has 1 aromatic rings. The molecule has 5 nitrogen and oxygen atoms in total. The molecule has 0 bridgehead atoms. The molecule has 0 unspecified atom stereocenters. The average molecular weight is 233 g/mol. The first-order valence-corrected chi connectivity index (χ1v) is 5.34. The van der Waals surface area contributed by atoms with Gasteiger partial charge in [0.2, 0.25) is 0 Å². The number of carbonyl (C=O) groups is 2. The highest BCUT2D eigenvalue weighted by molar-refractivity contribution is 6.01. The van der Waals surface area contributed by atoms with Gasteiger partial charge < -0.3 is 10.4 Å². The van der Waals surface area contributed by atoms with Crippen LogP contribution in [0.1, 0.15) is 22.3 Å². The topological polar surface area (TPSA) is 69.6 Å². The van der Waals surface area contributed by atoms with Crippen molar-refractivity contribution in [3.63, 3.8) is 0 Å². The Bertz CT molecular complexity index is 471. The van der Waals surface area contributed by atoms with Crippen LogP contribution in [0.4, 0.5) is 10.5 Å². The van der Waals surface area contributed by atoms with Gasteiger partial charge in [-0.3, -0.25) is 4.90 Å². The van der Waals surface area contributed by atoms with Crippen molar-refractivity contribution in [2.75, 3.05) is 18.0 Å². The number of aromatic carboxylic acids is 1. The van der Waals surface area contributed by atoms with E-state index in [0.717, 1.165) is 6.42 Å². The van der Waals surface area contributed by atoms with Crippen molar-refractivity contribution in [3.8, 4) is 0 Å². The minimum atomic E-state index is -1.05. The Kier molecular flexibility index (Phi) is 2.99. The third kappa shape index (κ3) is 2.22. The molecule has 0 atom stereocenters. The number of carboxylic acid groups (broad SMARTS) is 1. The number of hydrogen-bond donors (Lipinski definition) is 2. The minimum absolute atomic E-state index is 0.106. The zero-order valence-electron chi connectivity index (χ0n) is 9.27. The number of anilines is 1. The standard InChI is InChI=1S/C12H13N2O3/c1-8-3-4-10(9(7-8)11(15)16)14-6-2-5-13-12(14)17/h3-4,7H,1-2,5-6H2,(H,13,17)(H,15,16). The highest BCUT2D eigenvalue weighted by Crippen LogP contribution is 2.23. The van der Waals surface area contributed by atoms with Crippen LogP contribution in [-0.4, -0.2) is 30.2 Å². The number of urea groups is 1. The lowest BCUT2D eigenvalue weighted by Gasteiger charge is -2.28. The van der Waals surface area contributed by atoms with Gasteiger partial charge in [0.05, 0.1) is 11.3 Å². The Morgan fingerprint density at radius 3 is 2.88 bits per heavy atom. The van der Waals surface area contributed by atoms with Crippen molar-refractivity contribution < 1.29 is 14.7 Å². The largest absolute Gasteiger partial charge is 0.478 e. The Morgan fingerprint density at radius 1 is 1.47 bits per heavy atom. The van der Waals surface area contributed by atoms with Gasteiger partial charge in [0, 0.05) is 13.1 Å². The van der Waals surface area contributed by atoms with Crippen LogP contribution in [0, 0.1) is 6.92 Å². The first-order chi connectivity index (χ1) is 8.09. The number of amides is 2. The van der Waals surface area contributed by atoms with Gasteiger partial charge in [-0.05, 0) is 31.0 Å². The lowest BCUT2D eigenvalue weighted by atomic mass is 10.1. The first kappa shape index (κ1) is 11.4.